The molecule has 0 aromatic heterocycles. The van der Waals surface area contributed by atoms with E-state index in [1.165, 1.54) is 4.90 Å². The molecule has 1 aliphatic carbocycles. The topological polar surface area (TPSA) is 109 Å². The number of piperidine rings is 1. The number of ether oxygens (including phenoxy) is 1. The zero-order valence-electron chi connectivity index (χ0n) is 15.0. The maximum Gasteiger partial charge on any atom is 0.189 e. The molecular weight excluding hydrogens is 326 g/mol. The molecule has 1 saturated heterocycles. The SMILES string of the molecule is COc1ccc([C@H]2[C@H]3C[NH+](C)CC[C@H]3C(C#N)C(=N)C2(C#N)C#N)cc1. The standard InChI is InChI=1S/C20H21N5O/c1-25-8-7-15-16(9-21)19(24)20(11-22,12-23)18(17(15)10-25)13-3-5-14(26-2)6-4-13/h3-6,15-18,24H,7-8,10H2,1-2H3/p+1/t15-,16?,17-,18-/m0/s1. The van der Waals surface area contributed by atoms with E-state index in [1.54, 1.807) is 7.11 Å². The van der Waals surface area contributed by atoms with E-state index in [0.717, 1.165) is 25.1 Å². The van der Waals surface area contributed by atoms with Crippen LogP contribution in [-0.2, 0) is 0 Å². The third-order valence-electron chi connectivity index (χ3n) is 6.06. The highest BCUT2D eigenvalue weighted by Crippen LogP contribution is 2.53. The summed E-state index contributed by atoms with van der Waals surface area (Å²) < 4.78 is 5.22. The maximum absolute atomic E-state index is 9.96. The monoisotopic (exact) mass is 348 g/mol. The fourth-order valence-corrected chi connectivity index (χ4v) is 4.76. The Kier molecular flexibility index (Phi) is 4.68. The van der Waals surface area contributed by atoms with E-state index in [9.17, 15) is 15.8 Å². The first-order chi connectivity index (χ1) is 12.5. The number of benzene rings is 1. The summed E-state index contributed by atoms with van der Waals surface area (Å²) in [4.78, 5) is 1.33. The normalized spacial score (nSPS) is 32.4. The van der Waals surface area contributed by atoms with Crippen molar-refractivity contribution in [2.45, 2.75) is 12.3 Å². The molecule has 2 unspecified atom stereocenters. The molecule has 6 nitrogen and oxygen atoms in total. The van der Waals surface area contributed by atoms with Crippen molar-refractivity contribution in [3.05, 3.63) is 29.8 Å². The van der Waals surface area contributed by atoms with Crippen molar-refractivity contribution in [2.75, 3.05) is 27.2 Å². The largest absolute Gasteiger partial charge is 0.497 e. The van der Waals surface area contributed by atoms with Gasteiger partial charge in [-0.2, -0.15) is 15.8 Å². The van der Waals surface area contributed by atoms with E-state index in [0.29, 0.717) is 5.75 Å². The second kappa shape index (κ2) is 6.79. The highest BCUT2D eigenvalue weighted by molar-refractivity contribution is 5.98. The summed E-state index contributed by atoms with van der Waals surface area (Å²) in [5.74, 6) is -0.354. The molecule has 0 amide bonds. The van der Waals surface area contributed by atoms with Gasteiger partial charge in [-0.25, -0.2) is 0 Å². The zero-order chi connectivity index (χ0) is 18.9. The number of hydrogen-bond donors (Lipinski definition) is 2. The van der Waals surface area contributed by atoms with Crippen LogP contribution in [0.4, 0.5) is 0 Å². The third kappa shape index (κ3) is 2.53. The lowest BCUT2D eigenvalue weighted by atomic mass is 9.51. The molecule has 5 atom stereocenters. The summed E-state index contributed by atoms with van der Waals surface area (Å²) >= 11 is 0. The molecule has 0 spiro atoms. The summed E-state index contributed by atoms with van der Waals surface area (Å²) in [7, 11) is 3.69. The Bertz CT molecular complexity index is 812. The van der Waals surface area contributed by atoms with Gasteiger partial charge in [-0.05, 0) is 23.6 Å². The van der Waals surface area contributed by atoms with Gasteiger partial charge in [0.25, 0.3) is 0 Å². The molecule has 2 aliphatic rings. The molecule has 2 fully saturated rings. The number of likely N-dealkylation sites (tertiary alicyclic amines) is 1. The lowest BCUT2D eigenvalue weighted by Crippen LogP contribution is -3.11. The van der Waals surface area contributed by atoms with Gasteiger partial charge in [-0.15, -0.1) is 0 Å². The van der Waals surface area contributed by atoms with Gasteiger partial charge in [0.05, 0.1) is 57.1 Å². The van der Waals surface area contributed by atoms with E-state index in [4.69, 9.17) is 10.1 Å². The van der Waals surface area contributed by atoms with Gasteiger partial charge >= 0.3 is 0 Å². The molecular formula is C20H22N5O+. The number of quaternary nitrogens is 1. The fraction of sp³-hybridized carbons (Fsp3) is 0.500. The minimum Gasteiger partial charge on any atom is -0.497 e. The third-order valence-corrected chi connectivity index (χ3v) is 6.06. The van der Waals surface area contributed by atoms with Crippen LogP contribution >= 0.6 is 0 Å². The Morgan fingerprint density at radius 3 is 2.35 bits per heavy atom. The Balaban J connectivity index is 2.18. The lowest BCUT2D eigenvalue weighted by Gasteiger charge is -2.49. The summed E-state index contributed by atoms with van der Waals surface area (Å²) in [5, 5.41) is 38.2. The van der Waals surface area contributed by atoms with Crippen LogP contribution in [0.1, 0.15) is 17.9 Å². The number of hydrogen-bond acceptors (Lipinski definition) is 5. The van der Waals surface area contributed by atoms with Crippen molar-refractivity contribution in [2.24, 2.45) is 23.2 Å². The van der Waals surface area contributed by atoms with E-state index in [-0.39, 0.29) is 17.5 Å². The smallest absolute Gasteiger partial charge is 0.189 e. The van der Waals surface area contributed by atoms with Gasteiger partial charge in [0.2, 0.25) is 0 Å². The highest BCUT2D eigenvalue weighted by atomic mass is 16.5. The number of rotatable bonds is 2. The molecule has 0 bridgehead atoms. The number of nitrogens with one attached hydrogen (secondary N) is 2. The molecule has 1 heterocycles. The van der Waals surface area contributed by atoms with Crippen molar-refractivity contribution in [3.8, 4) is 24.0 Å². The molecule has 3 rings (SSSR count). The minimum atomic E-state index is -1.60. The summed E-state index contributed by atoms with van der Waals surface area (Å²) in [5.41, 5.74) is -0.778. The van der Waals surface area contributed by atoms with Crippen LogP contribution in [0.2, 0.25) is 0 Å². The Morgan fingerprint density at radius 2 is 1.81 bits per heavy atom. The first-order valence-electron chi connectivity index (χ1n) is 8.78. The van der Waals surface area contributed by atoms with Gasteiger partial charge in [0.15, 0.2) is 5.41 Å². The van der Waals surface area contributed by atoms with Crippen molar-refractivity contribution in [1.82, 2.24) is 0 Å². The average Bonchev–Trinajstić information content (AvgIpc) is 2.67. The van der Waals surface area contributed by atoms with Crippen LogP contribution in [0.5, 0.6) is 5.75 Å². The van der Waals surface area contributed by atoms with Gasteiger partial charge < -0.3 is 15.0 Å². The van der Waals surface area contributed by atoms with Gasteiger partial charge in [-0.1, -0.05) is 12.1 Å². The minimum absolute atomic E-state index is 0.00944. The van der Waals surface area contributed by atoms with Gasteiger partial charge in [0, 0.05) is 18.3 Å². The predicted octanol–water partition coefficient (Wildman–Crippen LogP) is 1.14. The summed E-state index contributed by atoms with van der Waals surface area (Å²) in [6.45, 7) is 1.73. The molecule has 0 radical (unpaired) electrons. The van der Waals surface area contributed by atoms with E-state index >= 15 is 0 Å². The van der Waals surface area contributed by atoms with Gasteiger partial charge in [0.1, 0.15) is 5.75 Å². The second-order valence-corrected chi connectivity index (χ2v) is 7.33. The summed E-state index contributed by atoms with van der Waals surface area (Å²) in [6, 6.07) is 13.9. The van der Waals surface area contributed by atoms with Gasteiger partial charge in [-0.3, -0.25) is 0 Å². The Labute approximate surface area is 153 Å². The molecule has 6 heteroatoms. The molecule has 2 N–H and O–H groups in total. The lowest BCUT2D eigenvalue weighted by molar-refractivity contribution is -0.891. The Morgan fingerprint density at radius 1 is 1.15 bits per heavy atom. The first kappa shape index (κ1) is 17.9. The molecule has 1 aromatic carbocycles. The fourth-order valence-electron chi connectivity index (χ4n) is 4.76. The van der Waals surface area contributed by atoms with Crippen LogP contribution in [0.3, 0.4) is 0 Å². The maximum atomic E-state index is 9.96. The van der Waals surface area contributed by atoms with Crippen molar-refractivity contribution < 1.29 is 9.64 Å². The highest BCUT2D eigenvalue weighted by Gasteiger charge is 2.60. The van der Waals surface area contributed by atoms with Crippen molar-refractivity contribution in [3.63, 3.8) is 0 Å². The first-order valence-corrected chi connectivity index (χ1v) is 8.78. The van der Waals surface area contributed by atoms with Crippen molar-refractivity contribution >= 4 is 5.71 Å². The molecule has 1 aromatic rings. The van der Waals surface area contributed by atoms with Crippen LogP contribution in [0, 0.1) is 62.6 Å². The molecule has 1 saturated carbocycles. The average molecular weight is 348 g/mol. The number of methoxy groups -OCH3 is 1. The van der Waals surface area contributed by atoms with E-state index < -0.39 is 17.3 Å². The molecule has 1 aliphatic heterocycles. The number of fused-ring (bicyclic) bond motifs is 1. The Hall–Kier alpha value is -2.88. The second-order valence-electron chi connectivity index (χ2n) is 7.33. The number of nitrogens with zero attached hydrogens (tertiary/aromatic N) is 3. The van der Waals surface area contributed by atoms with Crippen LogP contribution in [0.15, 0.2) is 24.3 Å². The summed E-state index contributed by atoms with van der Waals surface area (Å²) in [6.07, 6.45) is 0.830. The zero-order valence-corrected chi connectivity index (χ0v) is 15.0. The predicted molar refractivity (Wildman–Crippen MR) is 94.4 cm³/mol. The van der Waals surface area contributed by atoms with Crippen LogP contribution in [-0.4, -0.2) is 33.0 Å². The van der Waals surface area contributed by atoms with E-state index in [1.807, 2.05) is 24.3 Å². The van der Waals surface area contributed by atoms with Crippen molar-refractivity contribution in [1.29, 1.82) is 21.2 Å². The van der Waals surface area contributed by atoms with Crippen LogP contribution < -0.4 is 9.64 Å². The molecule has 132 valence electrons. The number of nitriles is 3. The van der Waals surface area contributed by atoms with E-state index in [2.05, 4.69) is 25.3 Å². The molecule has 26 heavy (non-hydrogen) atoms. The quantitative estimate of drug-likeness (QED) is 0.835. The van der Waals surface area contributed by atoms with Crippen LogP contribution in [0.25, 0.3) is 0 Å².